The van der Waals surface area contributed by atoms with Crippen molar-refractivity contribution >= 4 is 5.91 Å². The average molecular weight is 328 g/mol. The number of pyridine rings is 1. The number of benzene rings is 1. The van der Waals surface area contributed by atoms with Crippen LogP contribution in [0, 0.1) is 0 Å². The lowest BCUT2D eigenvalue weighted by atomic mass is 10.0. The molecule has 0 unspecified atom stereocenters. The van der Waals surface area contributed by atoms with Gasteiger partial charge in [0.1, 0.15) is 5.75 Å². The Kier molecular flexibility index (Phi) is 5.79. The van der Waals surface area contributed by atoms with Gasteiger partial charge in [-0.3, -0.25) is 9.59 Å². The molecule has 1 heterocycles. The topological polar surface area (TPSA) is 51.5 Å². The lowest BCUT2D eigenvalue weighted by Crippen LogP contribution is -2.40. The van der Waals surface area contributed by atoms with Crippen LogP contribution in [0.4, 0.5) is 0 Å². The zero-order chi connectivity index (χ0) is 17.7. The number of aromatic nitrogens is 1. The highest BCUT2D eigenvalue weighted by atomic mass is 16.5. The summed E-state index contributed by atoms with van der Waals surface area (Å²) in [6, 6.07) is 10.9. The summed E-state index contributed by atoms with van der Waals surface area (Å²) in [6.45, 7) is 4.61. The van der Waals surface area contributed by atoms with Gasteiger partial charge in [-0.1, -0.05) is 12.1 Å². The number of carbonyl (C=O) groups is 1. The lowest BCUT2D eigenvalue weighted by molar-refractivity contribution is 0.0702. The minimum Gasteiger partial charge on any atom is -0.497 e. The van der Waals surface area contributed by atoms with Crippen LogP contribution in [0.25, 0.3) is 0 Å². The number of rotatable bonds is 6. The fourth-order valence-electron chi connectivity index (χ4n) is 2.75. The summed E-state index contributed by atoms with van der Waals surface area (Å²) >= 11 is 0. The fourth-order valence-corrected chi connectivity index (χ4v) is 2.75. The van der Waals surface area contributed by atoms with Crippen molar-refractivity contribution in [1.29, 1.82) is 0 Å². The van der Waals surface area contributed by atoms with Crippen LogP contribution in [0.1, 0.15) is 29.8 Å². The van der Waals surface area contributed by atoms with Crippen LogP contribution in [-0.2, 0) is 13.5 Å². The molecule has 1 atom stereocenters. The van der Waals surface area contributed by atoms with Gasteiger partial charge in [0, 0.05) is 31.9 Å². The van der Waals surface area contributed by atoms with E-state index in [1.807, 2.05) is 43.0 Å². The molecule has 0 saturated carbocycles. The first-order valence-electron chi connectivity index (χ1n) is 8.06. The van der Waals surface area contributed by atoms with Crippen LogP contribution < -0.4 is 10.3 Å². The van der Waals surface area contributed by atoms with Gasteiger partial charge in [0.15, 0.2) is 0 Å². The average Bonchev–Trinajstić information content (AvgIpc) is 2.58. The number of amides is 1. The molecule has 24 heavy (non-hydrogen) atoms. The quantitative estimate of drug-likeness (QED) is 0.818. The molecule has 2 aromatic rings. The molecule has 5 nitrogen and oxygen atoms in total. The van der Waals surface area contributed by atoms with Gasteiger partial charge in [-0.2, -0.15) is 0 Å². The van der Waals surface area contributed by atoms with Gasteiger partial charge in [-0.15, -0.1) is 0 Å². The van der Waals surface area contributed by atoms with E-state index in [9.17, 15) is 9.59 Å². The van der Waals surface area contributed by atoms with E-state index < -0.39 is 0 Å². The number of nitrogens with zero attached hydrogens (tertiary/aromatic N) is 2. The molecule has 0 aliphatic rings. The van der Waals surface area contributed by atoms with Crippen molar-refractivity contribution in [2.75, 3.05) is 13.7 Å². The van der Waals surface area contributed by atoms with Crippen LogP contribution in [0.15, 0.2) is 47.4 Å². The molecule has 1 amide bonds. The fraction of sp³-hybridized carbons (Fsp3) is 0.368. The Bertz CT molecular complexity index is 750. The highest BCUT2D eigenvalue weighted by molar-refractivity contribution is 5.94. The van der Waals surface area contributed by atoms with Gasteiger partial charge in [0.2, 0.25) is 5.56 Å². The van der Waals surface area contributed by atoms with E-state index in [0.29, 0.717) is 12.1 Å². The predicted octanol–water partition coefficient (Wildman–Crippen LogP) is 2.49. The summed E-state index contributed by atoms with van der Waals surface area (Å²) in [4.78, 5) is 26.1. The summed E-state index contributed by atoms with van der Waals surface area (Å²) in [5.74, 6) is 0.758. The van der Waals surface area contributed by atoms with Gasteiger partial charge in [0.25, 0.3) is 5.91 Å². The van der Waals surface area contributed by atoms with Crippen molar-refractivity contribution in [3.63, 3.8) is 0 Å². The summed E-state index contributed by atoms with van der Waals surface area (Å²) in [5.41, 5.74) is 1.55. The van der Waals surface area contributed by atoms with Crippen molar-refractivity contribution in [2.45, 2.75) is 26.3 Å². The van der Waals surface area contributed by atoms with Crippen molar-refractivity contribution in [3.05, 3.63) is 64.1 Å². The SMILES string of the molecule is CCN(C(=O)c1ccc(=O)n(C)c1)[C@@H](C)Cc1ccc(OC)cc1. The monoisotopic (exact) mass is 328 g/mol. The Morgan fingerprint density at radius 3 is 2.42 bits per heavy atom. The second-order valence-corrected chi connectivity index (χ2v) is 5.86. The molecular weight excluding hydrogens is 304 g/mol. The first-order chi connectivity index (χ1) is 11.5. The zero-order valence-corrected chi connectivity index (χ0v) is 14.7. The summed E-state index contributed by atoms with van der Waals surface area (Å²) in [6.07, 6.45) is 2.35. The number of carbonyl (C=O) groups excluding carboxylic acids is 1. The Morgan fingerprint density at radius 2 is 1.88 bits per heavy atom. The maximum Gasteiger partial charge on any atom is 0.255 e. The van der Waals surface area contributed by atoms with E-state index in [2.05, 4.69) is 0 Å². The number of methoxy groups -OCH3 is 1. The second kappa shape index (κ2) is 7.81. The third-order valence-corrected chi connectivity index (χ3v) is 4.16. The van der Waals surface area contributed by atoms with E-state index in [1.54, 1.807) is 26.4 Å². The van der Waals surface area contributed by atoms with Crippen LogP contribution in [0.5, 0.6) is 5.75 Å². The van der Waals surface area contributed by atoms with Crippen molar-refractivity contribution in [2.24, 2.45) is 7.05 Å². The number of aryl methyl sites for hydroxylation is 1. The van der Waals surface area contributed by atoms with Crippen molar-refractivity contribution in [1.82, 2.24) is 9.47 Å². The highest BCUT2D eigenvalue weighted by Crippen LogP contribution is 2.16. The normalized spacial score (nSPS) is 11.8. The number of hydrogen-bond acceptors (Lipinski definition) is 3. The summed E-state index contributed by atoms with van der Waals surface area (Å²) in [7, 11) is 3.29. The minimum absolute atomic E-state index is 0.0492. The molecular formula is C19H24N2O3. The van der Waals surface area contributed by atoms with E-state index in [4.69, 9.17) is 4.74 Å². The molecule has 0 aliphatic heterocycles. The maximum atomic E-state index is 12.8. The van der Waals surface area contributed by atoms with Crippen LogP contribution in [-0.4, -0.2) is 35.1 Å². The van der Waals surface area contributed by atoms with Gasteiger partial charge in [-0.25, -0.2) is 0 Å². The zero-order valence-electron chi connectivity index (χ0n) is 14.7. The van der Waals surface area contributed by atoms with Gasteiger partial charge in [0.05, 0.1) is 12.7 Å². The molecule has 5 heteroatoms. The molecule has 1 aromatic heterocycles. The molecule has 0 radical (unpaired) electrons. The Balaban J connectivity index is 2.14. The van der Waals surface area contributed by atoms with E-state index in [1.165, 1.54) is 10.6 Å². The molecule has 0 aliphatic carbocycles. The number of hydrogen-bond donors (Lipinski definition) is 0. The first kappa shape index (κ1) is 17.8. The molecule has 0 N–H and O–H groups in total. The first-order valence-corrected chi connectivity index (χ1v) is 8.06. The van der Waals surface area contributed by atoms with Crippen molar-refractivity contribution < 1.29 is 9.53 Å². The van der Waals surface area contributed by atoms with Gasteiger partial charge in [-0.05, 0) is 44.0 Å². The smallest absolute Gasteiger partial charge is 0.255 e. The molecule has 0 bridgehead atoms. The van der Waals surface area contributed by atoms with E-state index >= 15 is 0 Å². The van der Waals surface area contributed by atoms with Crippen LogP contribution >= 0.6 is 0 Å². The van der Waals surface area contributed by atoms with Crippen LogP contribution in [0.3, 0.4) is 0 Å². The number of ether oxygens (including phenoxy) is 1. The van der Waals surface area contributed by atoms with Gasteiger partial charge < -0.3 is 14.2 Å². The Hall–Kier alpha value is -2.56. The third-order valence-electron chi connectivity index (χ3n) is 4.16. The molecule has 0 saturated heterocycles. The molecule has 1 aromatic carbocycles. The van der Waals surface area contributed by atoms with Gasteiger partial charge >= 0.3 is 0 Å². The predicted molar refractivity (Wildman–Crippen MR) is 94.6 cm³/mol. The molecule has 2 rings (SSSR count). The highest BCUT2D eigenvalue weighted by Gasteiger charge is 2.20. The maximum absolute atomic E-state index is 12.8. The molecule has 128 valence electrons. The summed E-state index contributed by atoms with van der Waals surface area (Å²) in [5, 5.41) is 0. The minimum atomic E-state index is -0.124. The van der Waals surface area contributed by atoms with E-state index in [-0.39, 0.29) is 17.5 Å². The summed E-state index contributed by atoms with van der Waals surface area (Å²) < 4.78 is 6.59. The third kappa shape index (κ3) is 4.04. The van der Waals surface area contributed by atoms with Crippen molar-refractivity contribution in [3.8, 4) is 5.75 Å². The lowest BCUT2D eigenvalue weighted by Gasteiger charge is -2.28. The standard InChI is InChI=1S/C19H24N2O3/c1-5-21(19(23)16-8-11-18(22)20(3)13-16)14(2)12-15-6-9-17(24-4)10-7-15/h6-11,13-14H,5,12H2,1-4H3/t14-/m0/s1. The van der Waals surface area contributed by atoms with Crippen LogP contribution in [0.2, 0.25) is 0 Å². The Labute approximate surface area is 142 Å². The largest absolute Gasteiger partial charge is 0.497 e. The molecule has 0 spiro atoms. The Morgan fingerprint density at radius 1 is 1.21 bits per heavy atom. The second-order valence-electron chi connectivity index (χ2n) is 5.86. The number of likely N-dealkylation sites (N-methyl/N-ethyl adjacent to an activating group) is 1. The van der Waals surface area contributed by atoms with E-state index in [0.717, 1.165) is 17.7 Å². The molecule has 0 fully saturated rings.